The number of nitrogens with zero attached hydrogens (tertiary/aromatic N) is 12. The number of ether oxygens (including phenoxy) is 7. The third-order valence-electron chi connectivity index (χ3n) is 21.8. The van der Waals surface area contributed by atoms with Crippen molar-refractivity contribution in [2.75, 3.05) is 57.7 Å². The molecule has 1 aromatic carbocycles. The molecule has 7 heterocycles. The molecule has 0 spiro atoms. The molecule has 6 aromatic rings. The number of hydrogen-bond acceptors (Lipinski definition) is 29. The molecular weight excluding hydrogens is 1560 g/mol. The molecule has 2 aliphatic heterocycles. The van der Waals surface area contributed by atoms with Gasteiger partial charge in [-0.25, -0.2) is 33.1 Å². The molecule has 5 unspecified atom stereocenters. The number of hydrogen-bond donors (Lipinski definition) is 8. The molecule has 118 heavy (non-hydrogen) atoms. The first-order valence-corrected chi connectivity index (χ1v) is 45.2. The van der Waals surface area contributed by atoms with E-state index in [-0.39, 0.29) is 54.6 Å². The molecule has 0 radical (unpaired) electrons. The van der Waals surface area contributed by atoms with Gasteiger partial charge >= 0.3 is 15.6 Å². The Morgan fingerprint density at radius 3 is 1.58 bits per heavy atom. The van der Waals surface area contributed by atoms with E-state index in [9.17, 15) is 55.1 Å². The maximum atomic E-state index is 13.9. The topological polar surface area (TPSA) is 490 Å². The first-order chi connectivity index (χ1) is 57.0. The highest BCUT2D eigenvalue weighted by Crippen LogP contribution is 2.52. The molecule has 5 aromatic heterocycles. The number of nitrogens with two attached hydrogens (primary N) is 2. The summed E-state index contributed by atoms with van der Waals surface area (Å²) in [6.45, 7) is 6.32. The van der Waals surface area contributed by atoms with Gasteiger partial charge in [0.25, 0.3) is 0 Å². The van der Waals surface area contributed by atoms with E-state index < -0.39 is 102 Å². The van der Waals surface area contributed by atoms with E-state index in [2.05, 4.69) is 50.0 Å². The molecule has 2 aliphatic rings. The minimum Gasteiger partial charge on any atom is -0.489 e. The standard InChI is InChI=1S/C83H124N14O19P2/c1-5-7-8-9-10-11-12-13-14-15-17-20-24-27-30-33-43-107-52-68(54-110-118(104,105)116-61(4)83(56-87)79(101)75(99)77(115-83)70-39-41-72-81(89)93-59-95-97(70)72)113-66-37-36-63(46-84)73(45-66)112-60(3)44-62(34-6-2)35-31-28-25-22-19-16-18-21-23-26-29-32-42-106-51-67(108-50-65-49-90-64(47-85)48-91-65)53-109-117(102,103)111-57-82(55-86)78(100)74(98)76(114-82)69-38-40-71-80(88)92-58-94-96(69)71/h36-41,45,48-49,58-62,67-68,74-79,98-101H,5-35,42-44,50-54,57H2,1-4H3,(H,102,103)(H,104,105)(H2,88,92,94)(H2,89,93,95)/t60?,61-,62?,67?,68+,74-,75-,76-,77-,78-,79-,82+,83+/m0/s1. The maximum absolute atomic E-state index is 13.9. The van der Waals surface area contributed by atoms with E-state index in [1.807, 2.05) is 19.1 Å². The van der Waals surface area contributed by atoms with Crippen molar-refractivity contribution in [3.8, 4) is 35.8 Å². The third-order valence-corrected chi connectivity index (χ3v) is 23.7. The predicted molar refractivity (Wildman–Crippen MR) is 436 cm³/mol. The summed E-state index contributed by atoms with van der Waals surface area (Å²) in [5.41, 5.74) is 9.39. The van der Waals surface area contributed by atoms with Gasteiger partial charge in [0.15, 0.2) is 17.3 Å². The van der Waals surface area contributed by atoms with Crippen LogP contribution < -0.4 is 20.9 Å². The fraction of sp³-hybridized carbons (Fsp3) is 0.687. The summed E-state index contributed by atoms with van der Waals surface area (Å²) in [6, 6.07) is 18.9. The van der Waals surface area contributed by atoms with Crippen molar-refractivity contribution in [2.24, 2.45) is 5.92 Å². The first-order valence-electron chi connectivity index (χ1n) is 42.2. The SMILES string of the molecule is CCCCCCCCCCCCCCCCCCOC[C@H](COP(=O)(O)O[C@@H](C)[C@@]1(C#N)O[C@@H](c2ccc3c(N)ncnn23)[C@H](O)[C@@H]1O)Oc1ccc(C#N)c(OC(C)CC(CCC)CCCCCCCCCCCCCCOCC(COP(=O)(O)OC[C@@]2(C#N)O[C@@H](c3ccc4c(N)ncnn34)[C@H](O)[C@@H]2O)OCc2cnc(C#N)cn2)c1. The Labute approximate surface area is 693 Å². The highest BCUT2D eigenvalue weighted by atomic mass is 31.2. The van der Waals surface area contributed by atoms with Crippen LogP contribution in [0.4, 0.5) is 11.6 Å². The fourth-order valence-electron chi connectivity index (χ4n) is 15.1. The number of anilines is 2. The lowest BCUT2D eigenvalue weighted by Gasteiger charge is -2.31. The predicted octanol–water partition coefficient (Wildman–Crippen LogP) is 13.9. The number of nitrogen functional groups attached to an aromatic ring is 2. The molecule has 10 N–H and O–H groups in total. The number of benzene rings is 1. The van der Waals surface area contributed by atoms with Gasteiger partial charge in [-0.15, -0.1) is 0 Å². The molecule has 15 atom stereocenters. The summed E-state index contributed by atoms with van der Waals surface area (Å²) >= 11 is 0. The second kappa shape index (κ2) is 50.1. The molecule has 0 aliphatic carbocycles. The van der Waals surface area contributed by atoms with E-state index in [4.69, 9.17) is 68.0 Å². The molecule has 650 valence electrons. The zero-order valence-electron chi connectivity index (χ0n) is 68.9. The molecule has 33 nitrogen and oxygen atoms in total. The van der Waals surface area contributed by atoms with Crippen molar-refractivity contribution in [1.29, 1.82) is 21.0 Å². The molecule has 0 amide bonds. The number of unbranched alkanes of at least 4 members (excludes halogenated alkanes) is 26. The summed E-state index contributed by atoms with van der Waals surface area (Å²) in [5.74, 6) is 1.32. The maximum Gasteiger partial charge on any atom is 0.472 e. The van der Waals surface area contributed by atoms with Gasteiger partial charge in [-0.05, 0) is 75.4 Å². The van der Waals surface area contributed by atoms with Crippen LogP contribution in [-0.2, 0) is 57.5 Å². The Bertz CT molecular complexity index is 4240. The number of fused-ring (bicyclic) bond motifs is 2. The number of phosphoric ester groups is 2. The van der Waals surface area contributed by atoms with Crippen molar-refractivity contribution < 1.29 is 90.6 Å². The normalized spacial score (nSPS) is 21.6. The first kappa shape index (κ1) is 96.0. The van der Waals surface area contributed by atoms with Crippen LogP contribution in [0.2, 0.25) is 0 Å². The van der Waals surface area contributed by atoms with Crippen molar-refractivity contribution in [1.82, 2.24) is 39.2 Å². The Hall–Kier alpha value is -7.44. The second-order valence-electron chi connectivity index (χ2n) is 31.1. The molecule has 2 fully saturated rings. The van der Waals surface area contributed by atoms with Gasteiger partial charge < -0.3 is 74.8 Å². The van der Waals surface area contributed by atoms with Crippen LogP contribution in [0.1, 0.15) is 274 Å². The highest BCUT2D eigenvalue weighted by Gasteiger charge is 2.61. The van der Waals surface area contributed by atoms with E-state index in [1.165, 1.54) is 143 Å². The van der Waals surface area contributed by atoms with Gasteiger partial charge in [0.05, 0.1) is 74.2 Å². The lowest BCUT2D eigenvalue weighted by molar-refractivity contribution is -0.109. The van der Waals surface area contributed by atoms with Crippen LogP contribution in [0.5, 0.6) is 11.5 Å². The number of nitriles is 4. The molecule has 0 saturated carbocycles. The smallest absolute Gasteiger partial charge is 0.472 e. The Morgan fingerprint density at radius 2 is 1.07 bits per heavy atom. The highest BCUT2D eigenvalue weighted by molar-refractivity contribution is 7.47. The average Bonchev–Trinajstić information content (AvgIpc) is 1.59. The summed E-state index contributed by atoms with van der Waals surface area (Å²) in [7, 11) is -10.0. The lowest BCUT2D eigenvalue weighted by Crippen LogP contribution is -2.50. The zero-order valence-corrected chi connectivity index (χ0v) is 70.7. The fourth-order valence-corrected chi connectivity index (χ4v) is 16.8. The van der Waals surface area contributed by atoms with Crippen molar-refractivity contribution in [2.45, 2.75) is 312 Å². The van der Waals surface area contributed by atoms with Crippen molar-refractivity contribution >= 4 is 38.3 Å². The molecule has 0 bridgehead atoms. The van der Waals surface area contributed by atoms with Crippen LogP contribution in [0.3, 0.4) is 0 Å². The Balaban J connectivity index is 0.723. The Kier molecular flexibility index (Phi) is 40.8. The minimum absolute atomic E-state index is 0.0343. The quantitative estimate of drug-likeness (QED) is 0.0130. The van der Waals surface area contributed by atoms with Crippen molar-refractivity contribution in [3.05, 3.63) is 95.9 Å². The van der Waals surface area contributed by atoms with E-state index in [1.54, 1.807) is 42.5 Å². The number of phosphoric acid groups is 2. The molecular formula is C83H124N14O19P2. The van der Waals surface area contributed by atoms with Crippen LogP contribution in [0, 0.1) is 51.2 Å². The monoisotopic (exact) mass is 1680 g/mol. The average molecular weight is 1680 g/mol. The number of rotatable bonds is 61. The molecule has 2 saturated heterocycles. The molecule has 8 rings (SSSR count). The Morgan fingerprint density at radius 1 is 0.551 bits per heavy atom. The van der Waals surface area contributed by atoms with Gasteiger partial charge in [-0.3, -0.25) is 23.1 Å². The summed E-state index contributed by atoms with van der Waals surface area (Å²) in [5, 5.41) is 93.1. The zero-order chi connectivity index (χ0) is 84.8. The van der Waals surface area contributed by atoms with Crippen LogP contribution in [0.25, 0.3) is 11.0 Å². The van der Waals surface area contributed by atoms with Gasteiger partial charge in [0, 0.05) is 19.3 Å². The van der Waals surface area contributed by atoms with Gasteiger partial charge in [0.1, 0.15) is 121 Å². The van der Waals surface area contributed by atoms with Crippen LogP contribution in [0.15, 0.2) is 67.5 Å². The number of aromatic nitrogens is 8. The largest absolute Gasteiger partial charge is 0.489 e. The second-order valence-corrected chi connectivity index (χ2v) is 33.9. The van der Waals surface area contributed by atoms with Crippen LogP contribution >= 0.6 is 15.6 Å². The van der Waals surface area contributed by atoms with E-state index >= 15 is 0 Å². The van der Waals surface area contributed by atoms with Gasteiger partial charge in [0.2, 0.25) is 11.2 Å². The third kappa shape index (κ3) is 29.4. The number of aliphatic hydroxyl groups excluding tert-OH is 4. The molecule has 35 heteroatoms. The summed E-state index contributed by atoms with van der Waals surface area (Å²) in [6.07, 6.45) is 28.0. The lowest BCUT2D eigenvalue weighted by atomic mass is 9.91. The van der Waals surface area contributed by atoms with E-state index in [0.29, 0.717) is 52.9 Å². The summed E-state index contributed by atoms with van der Waals surface area (Å²) < 4.78 is 94.4. The summed E-state index contributed by atoms with van der Waals surface area (Å²) in [4.78, 5) is 38.1. The van der Waals surface area contributed by atoms with Gasteiger partial charge in [-0.2, -0.15) is 31.2 Å². The minimum atomic E-state index is -5.08. The van der Waals surface area contributed by atoms with Crippen LogP contribution in [-0.4, -0.2) is 176 Å². The number of aliphatic hydroxyl groups is 4. The van der Waals surface area contributed by atoms with Gasteiger partial charge in [-0.1, -0.05) is 200 Å². The van der Waals surface area contributed by atoms with E-state index in [0.717, 1.165) is 109 Å². The van der Waals surface area contributed by atoms with Crippen molar-refractivity contribution in [3.63, 3.8) is 0 Å².